The Hall–Kier alpha value is -3.14. The van der Waals surface area contributed by atoms with Crippen molar-refractivity contribution < 1.29 is 4.74 Å². The average Bonchev–Trinajstić information content (AvgIpc) is 2.83. The number of hydrogen-bond acceptors (Lipinski definition) is 3. The normalized spacial score (nSPS) is 12.1. The van der Waals surface area contributed by atoms with Gasteiger partial charge in [0.05, 0.1) is 12.3 Å². The molecule has 3 aromatic rings. The highest BCUT2D eigenvalue weighted by atomic mass is 16.5. The predicted molar refractivity (Wildman–Crippen MR) is 131 cm³/mol. The number of hydrazine groups is 1. The average molecular weight is 413 g/mol. The summed E-state index contributed by atoms with van der Waals surface area (Å²) in [5.74, 6) is 6.73. The molecule has 0 heterocycles. The molecule has 0 unspecified atom stereocenters. The summed E-state index contributed by atoms with van der Waals surface area (Å²) in [7, 11) is 0. The van der Waals surface area contributed by atoms with E-state index in [-0.39, 0.29) is 0 Å². The summed E-state index contributed by atoms with van der Waals surface area (Å²) in [5, 5.41) is 1.88. The highest BCUT2D eigenvalue weighted by Crippen LogP contribution is 2.29. The lowest BCUT2D eigenvalue weighted by Crippen LogP contribution is -2.32. The lowest BCUT2D eigenvalue weighted by atomic mass is 9.98. The molecule has 0 amide bonds. The van der Waals surface area contributed by atoms with Crippen molar-refractivity contribution in [3.8, 4) is 0 Å². The van der Waals surface area contributed by atoms with Gasteiger partial charge in [0.2, 0.25) is 0 Å². The minimum absolute atomic E-state index is 0.631. The van der Waals surface area contributed by atoms with Gasteiger partial charge in [0, 0.05) is 18.7 Å². The molecule has 160 valence electrons. The van der Waals surface area contributed by atoms with Gasteiger partial charge in [-0.3, -0.25) is 0 Å². The Labute approximate surface area is 186 Å². The number of rotatable bonds is 10. The third-order valence-electron chi connectivity index (χ3n) is 5.21. The third kappa shape index (κ3) is 6.17. The predicted octanol–water partition coefficient (Wildman–Crippen LogP) is 6.09. The first-order chi connectivity index (χ1) is 15.2. The molecule has 2 N–H and O–H groups in total. The molecule has 0 atom stereocenters. The fourth-order valence-electron chi connectivity index (χ4n) is 3.68. The van der Waals surface area contributed by atoms with Gasteiger partial charge < -0.3 is 9.75 Å². The van der Waals surface area contributed by atoms with Crippen LogP contribution in [0, 0.1) is 0 Å². The van der Waals surface area contributed by atoms with Crippen LogP contribution in [0.15, 0.2) is 97.1 Å². The number of hydrogen-bond donors (Lipinski definition) is 1. The van der Waals surface area contributed by atoms with E-state index in [4.69, 9.17) is 10.6 Å². The van der Waals surface area contributed by atoms with Crippen molar-refractivity contribution in [3.05, 3.63) is 119 Å². The van der Waals surface area contributed by atoms with Crippen molar-refractivity contribution in [2.24, 2.45) is 5.84 Å². The van der Waals surface area contributed by atoms with E-state index >= 15 is 0 Å². The van der Waals surface area contributed by atoms with Crippen molar-refractivity contribution in [2.75, 3.05) is 13.2 Å². The first kappa shape index (κ1) is 22.5. The molecule has 0 aliphatic carbocycles. The maximum absolute atomic E-state index is 6.73. The van der Waals surface area contributed by atoms with E-state index in [2.05, 4.69) is 84.9 Å². The maximum atomic E-state index is 6.73. The molecule has 31 heavy (non-hydrogen) atoms. The summed E-state index contributed by atoms with van der Waals surface area (Å²) in [6, 6.07) is 29.2. The van der Waals surface area contributed by atoms with Crippen molar-refractivity contribution >= 4 is 11.3 Å². The smallest absolute Gasteiger partial charge is 0.0719 e. The molecule has 0 spiro atoms. The number of benzene rings is 3. The second-order valence-electron chi connectivity index (χ2n) is 7.34. The van der Waals surface area contributed by atoms with E-state index in [1.807, 2.05) is 31.0 Å². The molecule has 3 nitrogen and oxygen atoms in total. The number of ether oxygens (including phenoxy) is 1. The lowest BCUT2D eigenvalue weighted by Gasteiger charge is -2.26. The summed E-state index contributed by atoms with van der Waals surface area (Å²) in [6.45, 7) is 6.10. The SMILES string of the molecule is C/C=C/C(=C(/c1ccccc1)N(N)CCc1ccccc1COCC)c1ccccc1. The van der Waals surface area contributed by atoms with Gasteiger partial charge in [0.15, 0.2) is 0 Å². The van der Waals surface area contributed by atoms with Crippen LogP contribution in [0.25, 0.3) is 11.3 Å². The van der Waals surface area contributed by atoms with Gasteiger partial charge in [0.25, 0.3) is 0 Å². The number of nitrogens with two attached hydrogens (primary N) is 1. The molecule has 0 bridgehead atoms. The van der Waals surface area contributed by atoms with Gasteiger partial charge in [-0.2, -0.15) is 0 Å². The third-order valence-corrected chi connectivity index (χ3v) is 5.21. The number of nitrogens with zero attached hydrogens (tertiary/aromatic N) is 1. The second kappa shape index (κ2) is 11.9. The van der Waals surface area contributed by atoms with Crippen molar-refractivity contribution in [1.29, 1.82) is 0 Å². The van der Waals surface area contributed by atoms with Gasteiger partial charge in [-0.1, -0.05) is 97.1 Å². The Morgan fingerprint density at radius 3 is 2.03 bits per heavy atom. The van der Waals surface area contributed by atoms with Crippen LogP contribution in [0.4, 0.5) is 0 Å². The van der Waals surface area contributed by atoms with Crippen LogP contribution >= 0.6 is 0 Å². The van der Waals surface area contributed by atoms with Gasteiger partial charge in [0.1, 0.15) is 0 Å². The van der Waals surface area contributed by atoms with Crippen LogP contribution in [0.1, 0.15) is 36.1 Å². The monoisotopic (exact) mass is 412 g/mol. The Kier molecular flexibility index (Phi) is 8.65. The van der Waals surface area contributed by atoms with E-state index in [1.165, 1.54) is 11.1 Å². The molecule has 3 aromatic carbocycles. The fourth-order valence-corrected chi connectivity index (χ4v) is 3.68. The van der Waals surface area contributed by atoms with Crippen LogP contribution in [0.3, 0.4) is 0 Å². The summed E-state index contributed by atoms with van der Waals surface area (Å²) >= 11 is 0. The second-order valence-corrected chi connectivity index (χ2v) is 7.34. The maximum Gasteiger partial charge on any atom is 0.0719 e. The van der Waals surface area contributed by atoms with Crippen molar-refractivity contribution in [3.63, 3.8) is 0 Å². The molecule has 0 saturated carbocycles. The van der Waals surface area contributed by atoms with Gasteiger partial charge in [-0.05, 0) is 42.5 Å². The zero-order valence-electron chi connectivity index (χ0n) is 18.5. The van der Waals surface area contributed by atoms with E-state index in [0.29, 0.717) is 19.8 Å². The Morgan fingerprint density at radius 2 is 1.42 bits per heavy atom. The highest BCUT2D eigenvalue weighted by Gasteiger charge is 2.15. The molecule has 0 aliphatic rings. The van der Waals surface area contributed by atoms with E-state index in [9.17, 15) is 0 Å². The summed E-state index contributed by atoms with van der Waals surface area (Å²) < 4.78 is 5.65. The van der Waals surface area contributed by atoms with Gasteiger partial charge in [-0.15, -0.1) is 0 Å². The molecule has 0 aromatic heterocycles. The van der Waals surface area contributed by atoms with Crippen LogP contribution in [-0.2, 0) is 17.8 Å². The van der Waals surface area contributed by atoms with E-state index < -0.39 is 0 Å². The highest BCUT2D eigenvalue weighted by molar-refractivity contribution is 5.94. The summed E-state index contributed by atoms with van der Waals surface area (Å²) in [4.78, 5) is 0. The quantitative estimate of drug-likeness (QED) is 0.190. The molecule has 3 heteroatoms. The van der Waals surface area contributed by atoms with Gasteiger partial charge in [-0.25, -0.2) is 5.84 Å². The van der Waals surface area contributed by atoms with Crippen LogP contribution in [-0.4, -0.2) is 18.2 Å². The van der Waals surface area contributed by atoms with E-state index in [0.717, 1.165) is 28.8 Å². The summed E-state index contributed by atoms with van der Waals surface area (Å²) in [6.07, 6.45) is 5.05. The largest absolute Gasteiger partial charge is 0.377 e. The first-order valence-electron chi connectivity index (χ1n) is 10.9. The zero-order chi connectivity index (χ0) is 21.9. The minimum atomic E-state index is 0.631. The van der Waals surface area contributed by atoms with Crippen LogP contribution in [0.2, 0.25) is 0 Å². The van der Waals surface area contributed by atoms with Gasteiger partial charge >= 0.3 is 0 Å². The fraction of sp³-hybridized carbons (Fsp3) is 0.214. The van der Waals surface area contributed by atoms with Crippen LogP contribution < -0.4 is 5.84 Å². The molecular weight excluding hydrogens is 380 g/mol. The lowest BCUT2D eigenvalue weighted by molar-refractivity contribution is 0.133. The van der Waals surface area contributed by atoms with E-state index in [1.54, 1.807) is 0 Å². The Morgan fingerprint density at radius 1 is 0.839 bits per heavy atom. The molecule has 0 saturated heterocycles. The standard InChI is InChI=1S/C28H32N2O/c1-3-13-27(24-15-7-5-8-16-24)28(25-17-9-6-10-18-25)30(29)21-20-23-14-11-12-19-26(23)22-31-4-2/h3,5-19H,4,20-22,29H2,1-2H3/b13-3+,28-27+. The molecule has 3 rings (SSSR count). The Bertz CT molecular complexity index is 994. The van der Waals surface area contributed by atoms with Crippen molar-refractivity contribution in [1.82, 2.24) is 5.01 Å². The zero-order valence-corrected chi connectivity index (χ0v) is 18.5. The minimum Gasteiger partial charge on any atom is -0.377 e. The van der Waals surface area contributed by atoms with Crippen molar-refractivity contribution in [2.45, 2.75) is 26.9 Å². The molecular formula is C28H32N2O. The molecule has 0 aliphatic heterocycles. The molecule has 0 fully saturated rings. The topological polar surface area (TPSA) is 38.5 Å². The summed E-state index contributed by atoms with van der Waals surface area (Å²) in [5.41, 5.74) is 6.87. The number of allylic oxidation sites excluding steroid dienone is 3. The molecule has 0 radical (unpaired) electrons. The van der Waals surface area contributed by atoms with Crippen LogP contribution in [0.5, 0.6) is 0 Å². The first-order valence-corrected chi connectivity index (χ1v) is 10.9. The Balaban J connectivity index is 1.96.